The summed E-state index contributed by atoms with van der Waals surface area (Å²) < 4.78 is 63.5. The van der Waals surface area contributed by atoms with E-state index in [9.17, 15) is 26.4 Å². The van der Waals surface area contributed by atoms with Crippen molar-refractivity contribution >= 4 is 21.6 Å². The highest BCUT2D eigenvalue weighted by Gasteiger charge is 2.26. The van der Waals surface area contributed by atoms with Crippen molar-refractivity contribution in [2.75, 3.05) is 23.7 Å². The second-order valence-corrected chi connectivity index (χ2v) is 6.22. The van der Waals surface area contributed by atoms with Crippen LogP contribution in [0, 0.1) is 17.5 Å². The molecule has 0 heterocycles. The maximum Gasteiger partial charge on any atom is 0.240 e. The first kappa shape index (κ1) is 17.3. The Bertz CT molecular complexity index is 635. The average Bonchev–Trinajstić information content (AvgIpc) is 2.39. The Kier molecular flexibility index (Phi) is 5.59. The number of nitrogens with one attached hydrogen (secondary N) is 1. The summed E-state index contributed by atoms with van der Waals surface area (Å²) in [4.78, 5) is 11.6. The number of rotatable bonds is 6. The molecule has 0 unspecified atom stereocenters. The number of nitrogens with zero attached hydrogens (tertiary/aromatic N) is 1. The lowest BCUT2D eigenvalue weighted by molar-refractivity contribution is -0.119. The Morgan fingerprint density at radius 3 is 2.38 bits per heavy atom. The van der Waals surface area contributed by atoms with Gasteiger partial charge in [-0.3, -0.25) is 9.10 Å². The first-order chi connectivity index (χ1) is 9.68. The zero-order chi connectivity index (χ0) is 16.2. The van der Waals surface area contributed by atoms with Gasteiger partial charge in [-0.15, -0.1) is 0 Å². The summed E-state index contributed by atoms with van der Waals surface area (Å²) >= 11 is 0. The molecule has 1 aromatic rings. The molecule has 21 heavy (non-hydrogen) atoms. The molecule has 1 rings (SSSR count). The summed E-state index contributed by atoms with van der Waals surface area (Å²) in [5, 5.41) is 2.41. The van der Waals surface area contributed by atoms with Gasteiger partial charge in [0.2, 0.25) is 15.9 Å². The zero-order valence-corrected chi connectivity index (χ0v) is 12.3. The fourth-order valence-electron chi connectivity index (χ4n) is 1.54. The Morgan fingerprint density at radius 2 is 1.86 bits per heavy atom. The largest absolute Gasteiger partial charge is 0.355 e. The van der Waals surface area contributed by atoms with E-state index < -0.39 is 45.6 Å². The van der Waals surface area contributed by atoms with E-state index in [0.29, 0.717) is 23.3 Å². The number of carbonyl (C=O) groups excluding carboxylic acids is 1. The Labute approximate surface area is 120 Å². The van der Waals surface area contributed by atoms with Crippen molar-refractivity contribution < 1.29 is 26.4 Å². The van der Waals surface area contributed by atoms with Gasteiger partial charge in [0.05, 0.1) is 11.9 Å². The summed E-state index contributed by atoms with van der Waals surface area (Å²) in [6.45, 7) is 1.39. The number of benzene rings is 1. The third-order valence-corrected chi connectivity index (χ3v) is 3.67. The van der Waals surface area contributed by atoms with E-state index in [1.54, 1.807) is 6.92 Å². The fraction of sp³-hybridized carbons (Fsp3) is 0.417. The van der Waals surface area contributed by atoms with Gasteiger partial charge >= 0.3 is 0 Å². The van der Waals surface area contributed by atoms with Crippen molar-refractivity contribution in [1.29, 1.82) is 0 Å². The van der Waals surface area contributed by atoms with E-state index >= 15 is 0 Å². The van der Waals surface area contributed by atoms with E-state index in [4.69, 9.17) is 0 Å². The van der Waals surface area contributed by atoms with Crippen molar-refractivity contribution in [3.8, 4) is 0 Å². The minimum Gasteiger partial charge on any atom is -0.355 e. The molecule has 1 amide bonds. The van der Waals surface area contributed by atoms with Crippen LogP contribution >= 0.6 is 0 Å². The molecule has 0 bridgehead atoms. The smallest absolute Gasteiger partial charge is 0.240 e. The van der Waals surface area contributed by atoms with Gasteiger partial charge in [0, 0.05) is 6.54 Å². The predicted molar refractivity (Wildman–Crippen MR) is 71.8 cm³/mol. The monoisotopic (exact) mass is 324 g/mol. The molecule has 0 atom stereocenters. The van der Waals surface area contributed by atoms with Crippen molar-refractivity contribution in [1.82, 2.24) is 5.32 Å². The highest BCUT2D eigenvalue weighted by Crippen LogP contribution is 2.25. The zero-order valence-electron chi connectivity index (χ0n) is 11.5. The molecule has 0 aliphatic heterocycles. The van der Waals surface area contributed by atoms with Crippen LogP contribution in [-0.2, 0) is 14.8 Å². The topological polar surface area (TPSA) is 66.5 Å². The number of hydrogen-bond acceptors (Lipinski definition) is 3. The molecule has 0 radical (unpaired) electrons. The summed E-state index contributed by atoms with van der Waals surface area (Å²) in [6.07, 6.45) is 1.37. The number of carbonyl (C=O) groups is 1. The maximum atomic E-state index is 13.7. The lowest BCUT2D eigenvalue weighted by atomic mass is 10.2. The quantitative estimate of drug-likeness (QED) is 0.804. The van der Waals surface area contributed by atoms with Gasteiger partial charge in [-0.05, 0) is 18.6 Å². The van der Waals surface area contributed by atoms with Gasteiger partial charge in [0.1, 0.15) is 6.54 Å². The molecule has 0 aliphatic carbocycles. The lowest BCUT2D eigenvalue weighted by Gasteiger charge is -2.22. The molecule has 0 saturated heterocycles. The van der Waals surface area contributed by atoms with Gasteiger partial charge in [-0.1, -0.05) is 6.92 Å². The minimum absolute atomic E-state index is 0.316. The number of sulfonamides is 1. The molecule has 118 valence electrons. The number of hydrogen-bond donors (Lipinski definition) is 1. The van der Waals surface area contributed by atoms with Gasteiger partial charge in [-0.25, -0.2) is 21.6 Å². The van der Waals surface area contributed by atoms with Crippen LogP contribution in [0.2, 0.25) is 0 Å². The van der Waals surface area contributed by atoms with Crippen molar-refractivity contribution in [2.45, 2.75) is 13.3 Å². The number of amides is 1. The molecule has 9 heteroatoms. The van der Waals surface area contributed by atoms with Crippen LogP contribution in [0.15, 0.2) is 12.1 Å². The van der Waals surface area contributed by atoms with E-state index in [-0.39, 0.29) is 0 Å². The van der Waals surface area contributed by atoms with Crippen LogP contribution in [0.5, 0.6) is 0 Å². The highest BCUT2D eigenvalue weighted by molar-refractivity contribution is 7.92. The van der Waals surface area contributed by atoms with Gasteiger partial charge < -0.3 is 5.32 Å². The molecular weight excluding hydrogens is 309 g/mol. The predicted octanol–water partition coefficient (Wildman–Crippen LogP) is 1.40. The van der Waals surface area contributed by atoms with Gasteiger partial charge in [0.15, 0.2) is 17.5 Å². The molecule has 5 nitrogen and oxygen atoms in total. The van der Waals surface area contributed by atoms with Crippen LogP contribution in [0.4, 0.5) is 18.9 Å². The van der Waals surface area contributed by atoms with E-state index in [1.807, 2.05) is 0 Å². The van der Waals surface area contributed by atoms with Gasteiger partial charge in [-0.2, -0.15) is 0 Å². The SMILES string of the molecule is CCCNC(=O)CN(c1ccc(F)c(F)c1F)S(C)(=O)=O. The first-order valence-electron chi connectivity index (χ1n) is 6.06. The Hall–Kier alpha value is -1.77. The maximum absolute atomic E-state index is 13.7. The van der Waals surface area contributed by atoms with Crippen LogP contribution in [0.1, 0.15) is 13.3 Å². The van der Waals surface area contributed by atoms with Gasteiger partial charge in [0.25, 0.3) is 0 Å². The van der Waals surface area contributed by atoms with Crippen LogP contribution in [-0.4, -0.2) is 33.7 Å². The Morgan fingerprint density at radius 1 is 1.24 bits per heavy atom. The molecule has 1 N–H and O–H groups in total. The minimum atomic E-state index is -4.05. The summed E-state index contributed by atoms with van der Waals surface area (Å²) in [5.74, 6) is -5.58. The van der Waals surface area contributed by atoms with Crippen LogP contribution in [0.3, 0.4) is 0 Å². The first-order valence-corrected chi connectivity index (χ1v) is 7.91. The average molecular weight is 324 g/mol. The Balaban J connectivity index is 3.16. The summed E-state index contributed by atoms with van der Waals surface area (Å²) in [6, 6.07) is 1.36. The molecular formula is C12H15F3N2O3S. The van der Waals surface area contributed by atoms with Crippen molar-refractivity contribution in [3.05, 3.63) is 29.6 Å². The third-order valence-electron chi connectivity index (χ3n) is 2.54. The molecule has 0 saturated carbocycles. The van der Waals surface area contributed by atoms with Crippen molar-refractivity contribution in [3.63, 3.8) is 0 Å². The van der Waals surface area contributed by atoms with Crippen molar-refractivity contribution in [2.24, 2.45) is 0 Å². The fourth-order valence-corrected chi connectivity index (χ4v) is 2.39. The molecule has 0 aliphatic rings. The lowest BCUT2D eigenvalue weighted by Crippen LogP contribution is -2.41. The van der Waals surface area contributed by atoms with Crippen LogP contribution in [0.25, 0.3) is 0 Å². The molecule has 0 spiro atoms. The standard InChI is InChI=1S/C12H15F3N2O3S/c1-3-6-16-10(18)7-17(21(2,19)20)9-5-4-8(13)11(14)12(9)15/h4-5H,3,6-7H2,1-2H3,(H,16,18). The summed E-state index contributed by atoms with van der Waals surface area (Å²) in [5.41, 5.74) is -0.719. The molecule has 0 fully saturated rings. The molecule has 0 aromatic heterocycles. The normalized spacial score (nSPS) is 11.3. The summed E-state index contributed by atoms with van der Waals surface area (Å²) in [7, 11) is -4.05. The number of halogens is 3. The molecule has 1 aromatic carbocycles. The van der Waals surface area contributed by atoms with Crippen LogP contribution < -0.4 is 9.62 Å². The van der Waals surface area contributed by atoms with E-state index in [0.717, 1.165) is 12.3 Å². The third kappa shape index (κ3) is 4.35. The second-order valence-electron chi connectivity index (χ2n) is 4.31. The van der Waals surface area contributed by atoms with E-state index in [2.05, 4.69) is 5.32 Å². The van der Waals surface area contributed by atoms with E-state index in [1.165, 1.54) is 0 Å². The highest BCUT2D eigenvalue weighted by atomic mass is 32.2. The number of anilines is 1. The second kappa shape index (κ2) is 6.79.